The molecule has 12 heteroatoms. The van der Waals surface area contributed by atoms with Crippen molar-refractivity contribution in [3.05, 3.63) is 52.4 Å². The average molecular weight is 754 g/mol. The lowest BCUT2D eigenvalue weighted by Gasteiger charge is -2.18. The van der Waals surface area contributed by atoms with E-state index >= 15 is 0 Å². The third-order valence-electron chi connectivity index (χ3n) is 7.25. The molecule has 0 aliphatic rings. The normalized spacial score (nSPS) is 12.5. The van der Waals surface area contributed by atoms with Gasteiger partial charge in [0.25, 0.3) is 0 Å². The summed E-state index contributed by atoms with van der Waals surface area (Å²) in [7, 11) is -3.61. The molecular weight excluding hydrogens is 701 g/mol. The molecular formula is C34H53BrO8Si3. The summed E-state index contributed by atoms with van der Waals surface area (Å²) < 4.78 is 41.0. The van der Waals surface area contributed by atoms with Crippen LogP contribution in [0.1, 0.15) is 5.56 Å². The highest BCUT2D eigenvalue weighted by Gasteiger charge is 2.21. The zero-order valence-electron chi connectivity index (χ0n) is 29.2. The summed E-state index contributed by atoms with van der Waals surface area (Å²) >= 11 is 3.62. The van der Waals surface area contributed by atoms with Crippen molar-refractivity contribution in [2.75, 3.05) is 40.2 Å². The Bertz CT molecular complexity index is 1460. The minimum Gasteiger partial charge on any atom is -0.467 e. The predicted molar refractivity (Wildman–Crippen MR) is 199 cm³/mol. The lowest BCUT2D eigenvalue weighted by molar-refractivity contribution is 0.0180. The Kier molecular flexibility index (Phi) is 14.6. The van der Waals surface area contributed by atoms with Crippen molar-refractivity contribution in [3.63, 3.8) is 0 Å². The van der Waals surface area contributed by atoms with Crippen LogP contribution in [0.15, 0.2) is 45.6 Å². The fraction of sp³-hybridized carbons (Fsp3) is 0.559. The minimum atomic E-state index is -1.25. The molecule has 0 atom stereocenters. The molecule has 8 nitrogen and oxygen atoms in total. The van der Waals surface area contributed by atoms with E-state index in [1.807, 2.05) is 24.3 Å². The van der Waals surface area contributed by atoms with Gasteiger partial charge in [0.15, 0.2) is 20.4 Å². The summed E-state index contributed by atoms with van der Waals surface area (Å²) in [6.07, 6.45) is 0. The molecule has 0 saturated heterocycles. The Hall–Kier alpha value is -1.94. The Morgan fingerprint density at radius 2 is 1.13 bits per heavy atom. The molecule has 0 radical (unpaired) electrons. The Morgan fingerprint density at radius 1 is 0.652 bits per heavy atom. The summed E-state index contributed by atoms with van der Waals surface area (Å²) in [4.78, 5) is 13.6. The van der Waals surface area contributed by atoms with Crippen LogP contribution >= 0.6 is 15.9 Å². The second kappa shape index (κ2) is 17.5. The van der Waals surface area contributed by atoms with E-state index < -0.39 is 29.8 Å². The van der Waals surface area contributed by atoms with Crippen molar-refractivity contribution in [1.29, 1.82) is 0 Å². The van der Waals surface area contributed by atoms with Crippen LogP contribution in [-0.4, -0.2) is 64.4 Å². The number of ether oxygens (including phenoxy) is 6. The Balaban J connectivity index is 1.85. The van der Waals surface area contributed by atoms with Crippen molar-refractivity contribution >= 4 is 51.1 Å². The highest BCUT2D eigenvalue weighted by molar-refractivity contribution is 9.08. The van der Waals surface area contributed by atoms with Gasteiger partial charge in [-0.15, -0.1) is 0 Å². The maximum absolute atomic E-state index is 13.6. The number of hydrogen-bond acceptors (Lipinski definition) is 8. The van der Waals surface area contributed by atoms with E-state index in [4.69, 9.17) is 32.8 Å². The second-order valence-corrected chi connectivity index (χ2v) is 32.6. The molecule has 46 heavy (non-hydrogen) atoms. The van der Waals surface area contributed by atoms with Gasteiger partial charge in [-0.2, -0.15) is 0 Å². The standard InChI is InChI=1S/C34H53BrO8Si3/c1-44(2,3)17-14-37-23-40-26-11-13-29(31(20-26)42-25-39-16-19-46(7,8)9)33-30(22-35)28-12-10-27(21-32(28)43-34(33)36)41-24-38-15-18-45(4,5)6/h10-13,20-21H,14-19,22-25H2,1-9H3. The molecule has 0 saturated carbocycles. The first-order valence-corrected chi connectivity index (χ1v) is 28.2. The molecule has 0 unspecified atom stereocenters. The molecule has 3 rings (SSSR count). The van der Waals surface area contributed by atoms with Gasteiger partial charge in [0, 0.05) is 72.5 Å². The van der Waals surface area contributed by atoms with Crippen molar-refractivity contribution < 1.29 is 32.8 Å². The number of fused-ring (bicyclic) bond motifs is 1. The topological polar surface area (TPSA) is 85.6 Å². The van der Waals surface area contributed by atoms with Crippen LogP contribution in [0.3, 0.4) is 0 Å². The summed E-state index contributed by atoms with van der Waals surface area (Å²) in [5.41, 5.74) is 1.77. The summed E-state index contributed by atoms with van der Waals surface area (Å²) in [5, 5.41) is 1.23. The van der Waals surface area contributed by atoms with E-state index in [0.717, 1.165) is 29.1 Å². The molecule has 0 aliphatic heterocycles. The van der Waals surface area contributed by atoms with Crippen molar-refractivity contribution in [1.82, 2.24) is 0 Å². The Morgan fingerprint density at radius 3 is 1.63 bits per heavy atom. The van der Waals surface area contributed by atoms with Crippen LogP contribution in [0.25, 0.3) is 22.1 Å². The van der Waals surface area contributed by atoms with Crippen molar-refractivity contribution in [2.24, 2.45) is 0 Å². The summed E-state index contributed by atoms with van der Waals surface area (Å²) in [5.74, 6) is 1.62. The molecule has 0 aliphatic carbocycles. The molecule has 256 valence electrons. The number of benzene rings is 2. The van der Waals surface area contributed by atoms with Gasteiger partial charge in [-0.1, -0.05) is 74.9 Å². The van der Waals surface area contributed by atoms with Gasteiger partial charge in [-0.3, -0.25) is 0 Å². The zero-order valence-corrected chi connectivity index (χ0v) is 33.8. The maximum Gasteiger partial charge on any atom is 0.344 e. The lowest BCUT2D eigenvalue weighted by Crippen LogP contribution is -2.22. The van der Waals surface area contributed by atoms with Gasteiger partial charge in [-0.05, 0) is 48.0 Å². The molecule has 0 bridgehead atoms. The van der Waals surface area contributed by atoms with Crippen molar-refractivity contribution in [3.8, 4) is 28.4 Å². The average Bonchev–Trinajstić information content (AvgIpc) is 2.94. The van der Waals surface area contributed by atoms with E-state index in [-0.39, 0.29) is 20.4 Å². The van der Waals surface area contributed by atoms with Crippen LogP contribution in [-0.2, 0) is 19.5 Å². The van der Waals surface area contributed by atoms with Gasteiger partial charge in [0.1, 0.15) is 22.8 Å². The molecule has 3 aromatic rings. The van der Waals surface area contributed by atoms with Crippen LogP contribution in [0.4, 0.5) is 0 Å². The minimum absolute atomic E-state index is 0.0525. The van der Waals surface area contributed by atoms with E-state index in [9.17, 15) is 4.79 Å². The highest BCUT2D eigenvalue weighted by atomic mass is 79.9. The van der Waals surface area contributed by atoms with Crippen LogP contribution < -0.4 is 19.8 Å². The SMILES string of the molecule is C[Si](C)(C)CCOCOc1ccc(-c2c(CBr)c3ccc(OCOCC[Si](C)(C)C)cc3oc2=O)c(OCOCC[Si](C)(C)C)c1. The second-order valence-electron chi connectivity index (χ2n) is 15.1. The fourth-order valence-corrected chi connectivity index (χ4v) is 7.15. The van der Waals surface area contributed by atoms with Crippen LogP contribution in [0.5, 0.6) is 17.2 Å². The number of rotatable bonds is 20. The van der Waals surface area contributed by atoms with E-state index in [2.05, 4.69) is 74.9 Å². The zero-order chi connectivity index (χ0) is 34.0. The molecule has 0 fully saturated rings. The number of halogens is 1. The Labute approximate surface area is 286 Å². The quantitative estimate of drug-likeness (QED) is 0.0371. The largest absolute Gasteiger partial charge is 0.467 e. The van der Waals surface area contributed by atoms with Gasteiger partial charge in [0.2, 0.25) is 0 Å². The number of hydrogen-bond donors (Lipinski definition) is 0. The maximum atomic E-state index is 13.6. The van der Waals surface area contributed by atoms with E-state index in [0.29, 0.717) is 59.1 Å². The van der Waals surface area contributed by atoms with Gasteiger partial charge >= 0.3 is 5.63 Å². The fourth-order valence-electron chi connectivity index (χ4n) is 4.30. The number of alkyl halides is 1. The third-order valence-corrected chi connectivity index (χ3v) is 12.9. The first kappa shape index (κ1) is 38.5. The summed E-state index contributed by atoms with van der Waals surface area (Å²) in [6.45, 7) is 23.1. The van der Waals surface area contributed by atoms with E-state index in [1.165, 1.54) is 0 Å². The first-order chi connectivity index (χ1) is 21.6. The van der Waals surface area contributed by atoms with Gasteiger partial charge < -0.3 is 32.8 Å². The monoisotopic (exact) mass is 752 g/mol. The summed E-state index contributed by atoms with van der Waals surface area (Å²) in [6, 6.07) is 14.1. The highest BCUT2D eigenvalue weighted by Crippen LogP contribution is 2.37. The molecule has 2 aromatic carbocycles. The molecule has 0 amide bonds. The molecule has 0 spiro atoms. The van der Waals surface area contributed by atoms with Gasteiger partial charge in [0.05, 0.1) is 5.56 Å². The third kappa shape index (κ3) is 13.3. The molecule has 0 N–H and O–H groups in total. The predicted octanol–water partition coefficient (Wildman–Crippen LogP) is 9.43. The first-order valence-electron chi connectivity index (χ1n) is 16.0. The molecule has 1 aromatic heterocycles. The smallest absolute Gasteiger partial charge is 0.344 e. The van der Waals surface area contributed by atoms with Crippen LogP contribution in [0, 0.1) is 0 Å². The molecule has 1 heterocycles. The van der Waals surface area contributed by atoms with E-state index in [1.54, 1.807) is 12.1 Å². The van der Waals surface area contributed by atoms with Gasteiger partial charge in [-0.25, -0.2) is 4.79 Å². The van der Waals surface area contributed by atoms with Crippen molar-refractivity contribution in [2.45, 2.75) is 82.4 Å². The van der Waals surface area contributed by atoms with Crippen LogP contribution in [0.2, 0.25) is 77.1 Å². The lowest BCUT2D eigenvalue weighted by atomic mass is 9.98.